The first-order chi connectivity index (χ1) is 25.2. The number of rotatable bonds is 17. The highest BCUT2D eigenvalue weighted by Gasteiger charge is 2.29. The Balaban J connectivity index is 1.47. The van der Waals surface area contributed by atoms with Crippen LogP contribution < -0.4 is 27.4 Å². The third kappa shape index (κ3) is 8.12. The zero-order valence-corrected chi connectivity index (χ0v) is 31.4. The van der Waals surface area contributed by atoms with Gasteiger partial charge in [-0.3, -0.25) is 28.5 Å². The van der Waals surface area contributed by atoms with Crippen LogP contribution in [0.4, 0.5) is 5.69 Å². The third-order valence-electron chi connectivity index (χ3n) is 10.8. The van der Waals surface area contributed by atoms with Crippen molar-refractivity contribution in [1.82, 2.24) is 28.7 Å². The van der Waals surface area contributed by atoms with Crippen molar-refractivity contribution in [2.75, 3.05) is 125 Å². The monoisotopic (exact) mass is 720 g/mol. The topological polar surface area (TPSA) is 137 Å². The molecule has 0 saturated carbocycles. The molecular formula is C38H56N8O6. The zero-order chi connectivity index (χ0) is 36.8. The van der Waals surface area contributed by atoms with Gasteiger partial charge in [0.2, 0.25) is 5.88 Å². The van der Waals surface area contributed by atoms with Crippen LogP contribution in [0.25, 0.3) is 32.7 Å². The van der Waals surface area contributed by atoms with Gasteiger partial charge in [0.05, 0.1) is 21.7 Å². The van der Waals surface area contributed by atoms with Gasteiger partial charge in [0.25, 0.3) is 16.7 Å². The van der Waals surface area contributed by atoms with E-state index in [4.69, 9.17) is 14.5 Å². The van der Waals surface area contributed by atoms with E-state index in [1.165, 1.54) is 9.13 Å². The first-order valence-electron chi connectivity index (χ1n) is 18.9. The fourth-order valence-corrected chi connectivity index (χ4v) is 7.73. The van der Waals surface area contributed by atoms with Crippen LogP contribution in [-0.4, -0.2) is 154 Å². The fraction of sp³-hybridized carbons (Fsp3) is 0.632. The maximum atomic E-state index is 14.4. The van der Waals surface area contributed by atoms with Crippen LogP contribution in [0.3, 0.4) is 0 Å². The molecule has 1 aliphatic carbocycles. The van der Waals surface area contributed by atoms with Crippen molar-refractivity contribution in [1.29, 1.82) is 0 Å². The number of anilines is 1. The lowest BCUT2D eigenvalue weighted by molar-refractivity contribution is 0.153. The van der Waals surface area contributed by atoms with E-state index in [0.29, 0.717) is 82.9 Å². The highest BCUT2D eigenvalue weighted by atomic mass is 16.5. The van der Waals surface area contributed by atoms with Crippen molar-refractivity contribution in [3.8, 4) is 17.0 Å². The van der Waals surface area contributed by atoms with Crippen LogP contribution >= 0.6 is 0 Å². The quantitative estimate of drug-likeness (QED) is 0.120. The van der Waals surface area contributed by atoms with E-state index in [2.05, 4.69) is 39.0 Å². The van der Waals surface area contributed by atoms with E-state index < -0.39 is 16.7 Å². The molecule has 14 heteroatoms. The van der Waals surface area contributed by atoms with Crippen LogP contribution in [0, 0.1) is 0 Å². The van der Waals surface area contributed by atoms with E-state index in [-0.39, 0.29) is 19.0 Å². The van der Waals surface area contributed by atoms with Crippen LogP contribution in [-0.2, 0) is 22.6 Å². The van der Waals surface area contributed by atoms with Crippen LogP contribution in [0.1, 0.15) is 25.7 Å². The highest BCUT2D eigenvalue weighted by molar-refractivity contribution is 6.18. The van der Waals surface area contributed by atoms with E-state index in [1.807, 2.05) is 0 Å². The van der Waals surface area contributed by atoms with Crippen molar-refractivity contribution < 1.29 is 14.6 Å². The van der Waals surface area contributed by atoms with Crippen molar-refractivity contribution in [3.63, 3.8) is 0 Å². The number of piperazine rings is 2. The normalized spacial score (nSPS) is 17.4. The molecule has 6 rings (SSSR count). The van der Waals surface area contributed by atoms with Gasteiger partial charge < -0.3 is 39.5 Å². The molecule has 0 unspecified atom stereocenters. The first-order valence-corrected chi connectivity index (χ1v) is 18.9. The molecule has 3 aliphatic heterocycles. The number of nitrogens with zero attached hydrogens (tertiary/aromatic N) is 7. The summed E-state index contributed by atoms with van der Waals surface area (Å²) >= 11 is 0. The maximum absolute atomic E-state index is 14.4. The van der Waals surface area contributed by atoms with E-state index in [0.717, 1.165) is 78.3 Å². The highest BCUT2D eigenvalue weighted by Crippen LogP contribution is 2.40. The SMILES string of the molecule is COCCCn1c(O)c2cc(NCCCN3CCN(C)CC3)c3c4c2c(c(=NCCCN2CCN(C)CC2)cc-4c(=O)n(CCCOC)c3=O)c1=O. The number of hydrogen-bond acceptors (Lipinski definition) is 12. The minimum Gasteiger partial charge on any atom is -0.494 e. The van der Waals surface area contributed by atoms with Crippen LogP contribution in [0.15, 0.2) is 31.5 Å². The molecule has 52 heavy (non-hydrogen) atoms. The first kappa shape index (κ1) is 38.1. The minimum atomic E-state index is -0.429. The van der Waals surface area contributed by atoms with E-state index in [9.17, 15) is 19.5 Å². The number of aromatic nitrogens is 2. The summed E-state index contributed by atoms with van der Waals surface area (Å²) in [5.41, 5.74) is 0.0172. The Labute approximate surface area is 304 Å². The molecule has 0 bridgehead atoms. The van der Waals surface area contributed by atoms with Crippen LogP contribution in [0.2, 0.25) is 0 Å². The lowest BCUT2D eigenvalue weighted by atomic mass is 9.89. The largest absolute Gasteiger partial charge is 0.494 e. The lowest BCUT2D eigenvalue weighted by Gasteiger charge is -2.32. The van der Waals surface area contributed by atoms with Crippen molar-refractivity contribution in [2.45, 2.75) is 38.8 Å². The molecule has 4 heterocycles. The summed E-state index contributed by atoms with van der Waals surface area (Å²) in [4.78, 5) is 57.4. The molecule has 0 amide bonds. The second-order valence-electron chi connectivity index (χ2n) is 14.5. The summed E-state index contributed by atoms with van der Waals surface area (Å²) in [6.45, 7) is 12.3. The molecule has 1 aromatic carbocycles. The Kier molecular flexibility index (Phi) is 12.8. The zero-order valence-electron chi connectivity index (χ0n) is 31.4. The third-order valence-corrected chi connectivity index (χ3v) is 10.8. The summed E-state index contributed by atoms with van der Waals surface area (Å²) in [5.74, 6) is -0.193. The predicted molar refractivity (Wildman–Crippen MR) is 206 cm³/mol. The number of nitrogens with one attached hydrogen (secondary N) is 1. The van der Waals surface area contributed by atoms with Gasteiger partial charge in [-0.05, 0) is 65.0 Å². The fourth-order valence-electron chi connectivity index (χ4n) is 7.73. The van der Waals surface area contributed by atoms with Gasteiger partial charge in [0.15, 0.2) is 0 Å². The molecule has 2 N–H and O–H groups in total. The average Bonchev–Trinajstić information content (AvgIpc) is 3.14. The second kappa shape index (κ2) is 17.4. The molecule has 0 spiro atoms. The number of benzene rings is 2. The summed E-state index contributed by atoms with van der Waals surface area (Å²) in [6, 6.07) is 3.48. The molecule has 0 radical (unpaired) electrons. The molecule has 284 valence electrons. The van der Waals surface area contributed by atoms with Gasteiger partial charge in [-0.1, -0.05) is 0 Å². The Hall–Kier alpha value is -3.66. The van der Waals surface area contributed by atoms with E-state index in [1.54, 1.807) is 26.4 Å². The van der Waals surface area contributed by atoms with Crippen molar-refractivity contribution in [3.05, 3.63) is 48.6 Å². The molecular weight excluding hydrogens is 664 g/mol. The lowest BCUT2D eigenvalue weighted by Crippen LogP contribution is -2.44. The summed E-state index contributed by atoms with van der Waals surface area (Å²) in [7, 11) is 7.48. The van der Waals surface area contributed by atoms with Gasteiger partial charge in [0.1, 0.15) is 0 Å². The molecule has 0 atom stereocenters. The standard InChI is InChI=1S/C38H56N8O6/c1-41-15-19-43(20-16-41)11-5-9-39-29-25-27-32-31-28(36(48)45(13-7-23-51-3)37(49)33(29)31)26-30(40-10-6-12-44-21-17-42(2)18-22-44)34(32)38(50)46(35(27)47)14-8-24-52-4/h25-26,39,47H,5-24H2,1-4H3. The number of pyridine rings is 2. The number of hydrogen-bond donors (Lipinski definition) is 2. The number of aromatic hydroxyl groups is 1. The van der Waals surface area contributed by atoms with Gasteiger partial charge in [0, 0.05) is 128 Å². The van der Waals surface area contributed by atoms with Gasteiger partial charge in [-0.2, -0.15) is 0 Å². The number of methoxy groups -OCH3 is 2. The maximum Gasteiger partial charge on any atom is 0.263 e. The van der Waals surface area contributed by atoms with Gasteiger partial charge in [-0.25, -0.2) is 0 Å². The molecule has 14 nitrogen and oxygen atoms in total. The Morgan fingerprint density at radius 3 is 1.88 bits per heavy atom. The minimum absolute atomic E-state index is 0.193. The Morgan fingerprint density at radius 2 is 1.27 bits per heavy atom. The number of likely N-dealkylation sites (N-methyl/N-ethyl adjacent to an activating group) is 2. The number of ether oxygens (including phenoxy) is 2. The summed E-state index contributed by atoms with van der Waals surface area (Å²) in [5, 5.41) is 17.2. The average molecular weight is 721 g/mol. The Morgan fingerprint density at radius 1 is 0.692 bits per heavy atom. The van der Waals surface area contributed by atoms with Gasteiger partial charge >= 0.3 is 0 Å². The van der Waals surface area contributed by atoms with E-state index >= 15 is 0 Å². The predicted octanol–water partition coefficient (Wildman–Crippen LogP) is 1.02. The van der Waals surface area contributed by atoms with Crippen molar-refractivity contribution in [2.24, 2.45) is 4.99 Å². The molecule has 2 saturated heterocycles. The molecule has 4 aliphatic rings. The summed E-state index contributed by atoms with van der Waals surface area (Å²) < 4.78 is 13.2. The Bertz CT molecular complexity index is 2000. The molecule has 1 aromatic heterocycles. The molecule has 2 aromatic rings. The summed E-state index contributed by atoms with van der Waals surface area (Å²) in [6.07, 6.45) is 2.65. The van der Waals surface area contributed by atoms with Crippen LogP contribution in [0.5, 0.6) is 5.88 Å². The second-order valence-corrected chi connectivity index (χ2v) is 14.5. The smallest absolute Gasteiger partial charge is 0.263 e. The van der Waals surface area contributed by atoms with Crippen molar-refractivity contribution >= 4 is 27.2 Å². The molecule has 2 fully saturated rings. The van der Waals surface area contributed by atoms with Gasteiger partial charge in [-0.15, -0.1) is 0 Å².